The first-order valence-corrected chi connectivity index (χ1v) is 3.58. The first-order chi connectivity index (χ1) is 6.66. The van der Waals surface area contributed by atoms with E-state index >= 15 is 0 Å². The second kappa shape index (κ2) is 7.01. The van der Waals surface area contributed by atoms with Gasteiger partial charge in [-0.1, -0.05) is 0 Å². The molecule has 0 aliphatic heterocycles. The van der Waals surface area contributed by atoms with Crippen LogP contribution in [0.2, 0.25) is 0 Å². The van der Waals surface area contributed by atoms with Crippen molar-refractivity contribution in [2.24, 2.45) is 0 Å². The molecule has 90 valence electrons. The molecule has 0 unspecified atom stereocenters. The highest BCUT2D eigenvalue weighted by molar-refractivity contribution is 5.71. The molecule has 0 aromatic carbocycles. The largest absolute Gasteiger partial charge is 0.542 e. The molecule has 0 spiro atoms. The lowest BCUT2D eigenvalue weighted by atomic mass is 10.3. The Balaban J connectivity index is 0. The number of quaternary nitrogens is 1. The van der Waals surface area contributed by atoms with Crippen LogP contribution >= 0.6 is 0 Å². The van der Waals surface area contributed by atoms with Crippen molar-refractivity contribution < 1.29 is 43.4 Å². The molecular weight excluding hydrogens is 223 g/mol. The second-order valence-electron chi connectivity index (χ2n) is 2.25. The van der Waals surface area contributed by atoms with Crippen molar-refractivity contribution in [3.05, 3.63) is 0 Å². The standard InChI is InChI=1S/C4H9NO3.C2HF3O2/c1-5-3(2-6)4(7)8;3-2(4,5)1(6)7/h3,5-6H,2H2,1H3,(H,7,8);(H,6,7)/t3-;/m0./s1. The third-order valence-corrected chi connectivity index (χ3v) is 1.15. The summed E-state index contributed by atoms with van der Waals surface area (Å²) in [6.45, 7) is -0.314. The third-order valence-electron chi connectivity index (χ3n) is 1.15. The highest BCUT2D eigenvalue weighted by Crippen LogP contribution is 2.11. The summed E-state index contributed by atoms with van der Waals surface area (Å²) in [5, 5.41) is 26.7. The normalized spacial score (nSPS) is 12.3. The summed E-state index contributed by atoms with van der Waals surface area (Å²) in [5.41, 5.74) is 0. The number of likely N-dealkylation sites (N-methyl/N-ethyl adjacent to an activating group) is 1. The lowest BCUT2D eigenvalue weighted by Crippen LogP contribution is -2.89. The van der Waals surface area contributed by atoms with Crippen molar-refractivity contribution in [2.45, 2.75) is 12.2 Å². The monoisotopic (exact) mass is 233 g/mol. The first kappa shape index (κ1) is 16.1. The average molecular weight is 233 g/mol. The fraction of sp³-hybridized carbons (Fsp3) is 0.667. The Labute approximate surface area is 82.3 Å². The molecule has 1 atom stereocenters. The Morgan fingerprint density at radius 1 is 1.47 bits per heavy atom. The fourth-order valence-electron chi connectivity index (χ4n) is 0.326. The number of aliphatic carboxylic acids is 2. The predicted octanol–water partition coefficient (Wildman–Crippen LogP) is -3.08. The number of carboxylic acid groups (broad SMARTS) is 2. The van der Waals surface area contributed by atoms with Gasteiger partial charge in [0.15, 0.2) is 0 Å². The molecule has 0 fully saturated rings. The number of aliphatic hydroxyl groups is 1. The topological polar surface area (TPSA) is 114 Å². The molecular formula is C6H10F3NO5. The van der Waals surface area contributed by atoms with Gasteiger partial charge in [-0.25, -0.2) is 4.79 Å². The van der Waals surface area contributed by atoms with Crippen LogP contribution in [-0.2, 0) is 9.59 Å². The molecule has 6 nitrogen and oxygen atoms in total. The average Bonchev–Trinajstić information content (AvgIpc) is 2.04. The van der Waals surface area contributed by atoms with Crippen LogP contribution < -0.4 is 10.4 Å². The van der Waals surface area contributed by atoms with Gasteiger partial charge in [-0.15, -0.1) is 0 Å². The van der Waals surface area contributed by atoms with Crippen molar-refractivity contribution in [1.29, 1.82) is 0 Å². The zero-order valence-electron chi connectivity index (χ0n) is 7.61. The van der Waals surface area contributed by atoms with E-state index in [-0.39, 0.29) is 6.61 Å². The summed E-state index contributed by atoms with van der Waals surface area (Å²) in [6, 6.07) is -0.699. The zero-order chi connectivity index (χ0) is 12.6. The molecule has 0 saturated heterocycles. The van der Waals surface area contributed by atoms with Crippen molar-refractivity contribution >= 4 is 11.9 Å². The molecule has 0 radical (unpaired) electrons. The van der Waals surface area contributed by atoms with E-state index in [2.05, 4.69) is 0 Å². The Hall–Kier alpha value is -1.35. The lowest BCUT2D eigenvalue weighted by molar-refractivity contribution is -0.653. The molecule has 0 rings (SSSR count). The molecule has 0 aliphatic carbocycles. The van der Waals surface area contributed by atoms with Gasteiger partial charge in [-0.2, -0.15) is 13.2 Å². The number of hydrogen-bond donors (Lipinski definition) is 3. The van der Waals surface area contributed by atoms with Gasteiger partial charge in [-0.3, -0.25) is 0 Å². The fourth-order valence-corrected chi connectivity index (χ4v) is 0.326. The number of carbonyl (C=O) groups is 2. The summed E-state index contributed by atoms with van der Waals surface area (Å²) >= 11 is 0. The van der Waals surface area contributed by atoms with E-state index in [1.54, 1.807) is 7.05 Å². The molecule has 0 heterocycles. The minimum atomic E-state index is -5.19. The van der Waals surface area contributed by atoms with E-state index in [1.807, 2.05) is 0 Å². The van der Waals surface area contributed by atoms with Gasteiger partial charge in [0.05, 0.1) is 7.05 Å². The van der Waals surface area contributed by atoms with Gasteiger partial charge in [0.1, 0.15) is 12.6 Å². The number of aliphatic hydroxyl groups excluding tert-OH is 1. The number of halogens is 3. The Bertz CT molecular complexity index is 213. The van der Waals surface area contributed by atoms with Crippen LogP contribution in [0, 0.1) is 0 Å². The van der Waals surface area contributed by atoms with Crippen LogP contribution in [0.25, 0.3) is 0 Å². The van der Waals surface area contributed by atoms with Crippen LogP contribution in [0.3, 0.4) is 0 Å². The number of nitrogens with two attached hydrogens (primary N) is 1. The maximum absolute atomic E-state index is 10.5. The highest BCUT2D eigenvalue weighted by atomic mass is 19.4. The van der Waals surface area contributed by atoms with Crippen molar-refractivity contribution in [2.75, 3.05) is 13.7 Å². The van der Waals surface area contributed by atoms with Gasteiger partial charge in [0.25, 0.3) is 0 Å². The van der Waals surface area contributed by atoms with E-state index in [9.17, 15) is 18.0 Å². The van der Waals surface area contributed by atoms with Crippen molar-refractivity contribution in [3.8, 4) is 0 Å². The summed E-state index contributed by atoms with van der Waals surface area (Å²) in [6.07, 6.45) is -5.19. The second-order valence-corrected chi connectivity index (χ2v) is 2.25. The Morgan fingerprint density at radius 3 is 1.80 bits per heavy atom. The minimum Gasteiger partial charge on any atom is -0.542 e. The molecule has 0 aromatic heterocycles. The zero-order valence-corrected chi connectivity index (χ0v) is 7.61. The smallest absolute Gasteiger partial charge is 0.430 e. The van der Waals surface area contributed by atoms with Gasteiger partial charge in [0, 0.05) is 0 Å². The number of hydrogen-bond acceptors (Lipinski definition) is 4. The van der Waals surface area contributed by atoms with E-state index in [0.717, 1.165) is 0 Å². The van der Waals surface area contributed by atoms with Crippen LogP contribution in [0.1, 0.15) is 0 Å². The third kappa shape index (κ3) is 8.97. The van der Waals surface area contributed by atoms with Crippen molar-refractivity contribution in [3.63, 3.8) is 0 Å². The van der Waals surface area contributed by atoms with Crippen molar-refractivity contribution in [1.82, 2.24) is 0 Å². The van der Waals surface area contributed by atoms with Gasteiger partial charge in [0.2, 0.25) is 6.04 Å². The number of alkyl halides is 3. The Morgan fingerprint density at radius 2 is 1.80 bits per heavy atom. The summed E-state index contributed by atoms with van der Waals surface area (Å²) in [7, 11) is 1.61. The van der Waals surface area contributed by atoms with E-state index in [4.69, 9.17) is 20.1 Å². The minimum absolute atomic E-state index is 0.314. The van der Waals surface area contributed by atoms with E-state index in [1.165, 1.54) is 5.32 Å². The molecule has 0 aliphatic rings. The van der Waals surface area contributed by atoms with E-state index in [0.29, 0.717) is 0 Å². The molecule has 0 bridgehead atoms. The highest BCUT2D eigenvalue weighted by Gasteiger charge is 2.28. The van der Waals surface area contributed by atoms with Crippen LogP contribution in [0.4, 0.5) is 13.2 Å². The molecule has 9 heteroatoms. The van der Waals surface area contributed by atoms with Gasteiger partial charge < -0.3 is 25.4 Å². The molecule has 15 heavy (non-hydrogen) atoms. The molecule has 0 amide bonds. The van der Waals surface area contributed by atoms with Crippen LogP contribution in [-0.4, -0.2) is 48.0 Å². The van der Waals surface area contributed by atoms with Gasteiger partial charge in [-0.05, 0) is 0 Å². The molecule has 0 saturated carbocycles. The maximum Gasteiger partial charge on any atom is 0.430 e. The molecule has 0 aromatic rings. The first-order valence-electron chi connectivity index (χ1n) is 3.58. The van der Waals surface area contributed by atoms with Crippen LogP contribution in [0.5, 0.6) is 0 Å². The summed E-state index contributed by atoms with van der Waals surface area (Å²) in [5.74, 6) is -3.98. The van der Waals surface area contributed by atoms with Gasteiger partial charge >= 0.3 is 12.1 Å². The Kier molecular flexibility index (Phi) is 7.52. The maximum atomic E-state index is 10.5. The quantitative estimate of drug-likeness (QED) is 0.478. The number of carbonyl (C=O) groups excluding carboxylic acids is 1. The van der Waals surface area contributed by atoms with Crippen LogP contribution in [0.15, 0.2) is 0 Å². The number of rotatable bonds is 3. The SMILES string of the molecule is C[NH2+][C@@H](CO)C(=O)O.O=C([O-])C(F)(F)F. The molecule has 4 N–H and O–H groups in total. The lowest BCUT2D eigenvalue weighted by Gasteiger charge is -2.03. The van der Waals surface area contributed by atoms with E-state index < -0.39 is 24.2 Å². The number of carboxylic acids is 2. The summed E-state index contributed by atoms with van der Waals surface area (Å²) < 4.78 is 31.5. The summed E-state index contributed by atoms with van der Waals surface area (Å²) in [4.78, 5) is 18.8. The predicted molar refractivity (Wildman–Crippen MR) is 37.4 cm³/mol.